The minimum absolute atomic E-state index is 0.00543. The summed E-state index contributed by atoms with van der Waals surface area (Å²) < 4.78 is 33.1. The highest BCUT2D eigenvalue weighted by molar-refractivity contribution is 5.98. The maximum absolute atomic E-state index is 15.6. The molecule has 14 nitrogen and oxygen atoms in total. The monoisotopic (exact) mass is 769 g/mol. The number of benzene rings is 2. The number of fused-ring (bicyclic) bond motifs is 5. The Morgan fingerprint density at radius 2 is 1.80 bits per heavy atom. The third-order valence-electron chi connectivity index (χ3n) is 10.1. The number of carbonyl (C=O) groups is 4. The van der Waals surface area contributed by atoms with Crippen LogP contribution in [0.25, 0.3) is 22.3 Å². The first-order valence-electron chi connectivity index (χ1n) is 18.4. The minimum atomic E-state index is -1.96. The summed E-state index contributed by atoms with van der Waals surface area (Å²) in [5, 5.41) is 19.7. The number of carbonyl (C=O) groups excluding carboxylic acids is 4. The molecule has 3 atom stereocenters. The van der Waals surface area contributed by atoms with Crippen LogP contribution in [0.1, 0.15) is 68.9 Å². The van der Waals surface area contributed by atoms with Gasteiger partial charge in [-0.3, -0.25) is 14.4 Å². The van der Waals surface area contributed by atoms with Crippen molar-refractivity contribution < 1.29 is 42.9 Å². The summed E-state index contributed by atoms with van der Waals surface area (Å²) in [5.74, 6) is -2.75. The van der Waals surface area contributed by atoms with Gasteiger partial charge in [0.1, 0.15) is 31.9 Å². The minimum Gasteiger partial charge on any atom is -0.486 e. The number of alkyl carbamates (subject to hydrolysis) is 1. The third kappa shape index (κ3) is 7.46. The topological polar surface area (TPSA) is 187 Å². The van der Waals surface area contributed by atoms with E-state index in [0.717, 1.165) is 11.1 Å². The standard InChI is InChI=1S/C41H44FN5O9/c1-7-14-54-40(52)46-34(21(4)5)37(49)43-22(6)36(48)44-24-12-10-23(11-13-24)19-55-33-15-26-25(8-2)27-18-47-32(35(27)45-31(26)17-30(33)42)16-29-28(38(47)50)20-56-39(51)41(29,53)9-3/h7,10-13,15-17,21-22,34,53H,1,8-9,14,18-20H2,2-6H3,(H,43,49)(H,44,48)(H,46,52)/t22-,34-,41-/m0/s1. The van der Waals surface area contributed by atoms with Crippen LogP contribution in [0.5, 0.6) is 5.75 Å². The van der Waals surface area contributed by atoms with Crippen molar-refractivity contribution in [2.24, 2.45) is 5.92 Å². The summed E-state index contributed by atoms with van der Waals surface area (Å²) in [6.45, 7) is 12.1. The molecule has 4 heterocycles. The molecule has 294 valence electrons. The number of halogens is 1. The maximum Gasteiger partial charge on any atom is 0.408 e. The van der Waals surface area contributed by atoms with Crippen LogP contribution in [0, 0.1) is 11.7 Å². The number of aliphatic hydroxyl groups is 1. The van der Waals surface area contributed by atoms with E-state index in [0.29, 0.717) is 40.0 Å². The Kier molecular flexibility index (Phi) is 11.3. The number of rotatable bonds is 13. The zero-order valence-corrected chi connectivity index (χ0v) is 31.8. The van der Waals surface area contributed by atoms with Crippen molar-refractivity contribution >= 4 is 40.5 Å². The van der Waals surface area contributed by atoms with Gasteiger partial charge in [0.25, 0.3) is 5.56 Å². The molecular formula is C41H44FN5O9. The second-order valence-corrected chi connectivity index (χ2v) is 14.1. The number of anilines is 1. The van der Waals surface area contributed by atoms with Crippen LogP contribution in [0.4, 0.5) is 14.9 Å². The molecule has 15 heteroatoms. The Hall–Kier alpha value is -6.09. The summed E-state index contributed by atoms with van der Waals surface area (Å²) in [7, 11) is 0. The van der Waals surface area contributed by atoms with E-state index >= 15 is 4.39 Å². The molecule has 56 heavy (non-hydrogen) atoms. The van der Waals surface area contributed by atoms with E-state index in [-0.39, 0.29) is 61.1 Å². The van der Waals surface area contributed by atoms with Crippen molar-refractivity contribution in [3.8, 4) is 17.1 Å². The Balaban J connectivity index is 1.14. The number of nitrogens with zero attached hydrogens (tertiary/aromatic N) is 2. The molecule has 6 rings (SSSR count). The van der Waals surface area contributed by atoms with Crippen LogP contribution < -0.4 is 26.2 Å². The predicted molar refractivity (Wildman–Crippen MR) is 204 cm³/mol. The van der Waals surface area contributed by atoms with Gasteiger partial charge in [-0.15, -0.1) is 0 Å². The van der Waals surface area contributed by atoms with Gasteiger partial charge in [-0.1, -0.05) is 52.5 Å². The number of hydrogen-bond donors (Lipinski definition) is 4. The van der Waals surface area contributed by atoms with Gasteiger partial charge in [-0.05, 0) is 61.1 Å². The van der Waals surface area contributed by atoms with E-state index in [2.05, 4.69) is 22.5 Å². The van der Waals surface area contributed by atoms with Crippen LogP contribution >= 0.6 is 0 Å². The fraction of sp³-hybridized carbons (Fsp3) is 0.366. The molecule has 3 amide bonds. The highest BCUT2D eigenvalue weighted by Crippen LogP contribution is 2.41. The van der Waals surface area contributed by atoms with E-state index in [4.69, 9.17) is 19.2 Å². The third-order valence-corrected chi connectivity index (χ3v) is 10.1. The van der Waals surface area contributed by atoms with E-state index < -0.39 is 47.4 Å². The second kappa shape index (κ2) is 15.9. The first kappa shape index (κ1) is 39.6. The number of hydrogen-bond acceptors (Lipinski definition) is 10. The summed E-state index contributed by atoms with van der Waals surface area (Å²) in [4.78, 5) is 68.7. The normalized spacial score (nSPS) is 16.5. The fourth-order valence-electron chi connectivity index (χ4n) is 6.98. The number of amides is 3. The summed E-state index contributed by atoms with van der Waals surface area (Å²) in [6.07, 6.45) is 1.19. The fourth-order valence-corrected chi connectivity index (χ4v) is 6.98. The van der Waals surface area contributed by atoms with Gasteiger partial charge in [-0.25, -0.2) is 19.0 Å². The number of nitrogens with one attached hydrogen (secondary N) is 3. The van der Waals surface area contributed by atoms with Gasteiger partial charge < -0.3 is 39.8 Å². The number of pyridine rings is 2. The van der Waals surface area contributed by atoms with Gasteiger partial charge in [0.15, 0.2) is 17.2 Å². The second-order valence-electron chi connectivity index (χ2n) is 14.1. The Labute approximate surface area is 322 Å². The molecular weight excluding hydrogens is 725 g/mol. The van der Waals surface area contributed by atoms with Crippen LogP contribution in [-0.2, 0) is 55.6 Å². The molecule has 2 aliphatic rings. The lowest BCUT2D eigenvalue weighted by atomic mass is 9.86. The van der Waals surface area contributed by atoms with Crippen molar-refractivity contribution in [3.05, 3.63) is 99.1 Å². The predicted octanol–water partition coefficient (Wildman–Crippen LogP) is 4.74. The number of esters is 1. The van der Waals surface area contributed by atoms with Crippen LogP contribution in [0.2, 0.25) is 0 Å². The molecule has 2 aromatic heterocycles. The largest absolute Gasteiger partial charge is 0.486 e. The van der Waals surface area contributed by atoms with E-state index in [1.54, 1.807) is 61.7 Å². The number of cyclic esters (lactones) is 1. The van der Waals surface area contributed by atoms with E-state index in [1.165, 1.54) is 19.1 Å². The molecule has 0 radical (unpaired) electrons. The number of ether oxygens (including phenoxy) is 3. The molecule has 0 fully saturated rings. The van der Waals surface area contributed by atoms with Crippen LogP contribution in [0.15, 0.2) is 59.9 Å². The molecule has 0 spiro atoms. The summed E-state index contributed by atoms with van der Waals surface area (Å²) in [6, 6.07) is 9.39. The lowest BCUT2D eigenvalue weighted by Gasteiger charge is -2.31. The molecule has 2 aliphatic heterocycles. The van der Waals surface area contributed by atoms with Crippen LogP contribution in [0.3, 0.4) is 0 Å². The molecule has 0 aliphatic carbocycles. The smallest absolute Gasteiger partial charge is 0.408 e. The molecule has 2 aromatic carbocycles. The molecule has 0 saturated carbocycles. The zero-order chi connectivity index (χ0) is 40.5. The highest BCUT2D eigenvalue weighted by atomic mass is 19.1. The van der Waals surface area contributed by atoms with Gasteiger partial charge in [0.2, 0.25) is 11.8 Å². The molecule has 0 saturated heterocycles. The Morgan fingerprint density at radius 3 is 2.46 bits per heavy atom. The quantitative estimate of drug-likeness (QED) is 0.0963. The molecule has 4 aromatic rings. The average Bonchev–Trinajstić information content (AvgIpc) is 3.54. The van der Waals surface area contributed by atoms with Crippen molar-refractivity contribution in [3.63, 3.8) is 0 Å². The first-order chi connectivity index (χ1) is 26.7. The number of aromatic nitrogens is 2. The molecule has 0 bridgehead atoms. The Morgan fingerprint density at radius 1 is 1.07 bits per heavy atom. The van der Waals surface area contributed by atoms with Crippen molar-refractivity contribution in [1.82, 2.24) is 20.2 Å². The van der Waals surface area contributed by atoms with Gasteiger partial charge in [-0.2, -0.15) is 0 Å². The lowest BCUT2D eigenvalue weighted by molar-refractivity contribution is -0.172. The Bertz CT molecular complexity index is 2310. The van der Waals surface area contributed by atoms with Gasteiger partial charge >= 0.3 is 12.1 Å². The van der Waals surface area contributed by atoms with Gasteiger partial charge in [0.05, 0.1) is 29.0 Å². The SMILES string of the molecule is C=CCOC(=O)N[C@H](C(=O)N[C@@H](C)C(=O)Nc1ccc(COc2cc3c(CC)c4c(nc3cc2F)-c2cc3c(c(=O)n2C4)COC(=O)[C@]3(O)CC)cc1)C(C)C. The molecule has 4 N–H and O–H groups in total. The van der Waals surface area contributed by atoms with Crippen molar-refractivity contribution in [2.45, 2.75) is 84.9 Å². The summed E-state index contributed by atoms with van der Waals surface area (Å²) in [5.41, 5.74) is 2.18. The van der Waals surface area contributed by atoms with E-state index in [9.17, 15) is 29.1 Å². The van der Waals surface area contributed by atoms with Crippen molar-refractivity contribution in [1.29, 1.82) is 0 Å². The van der Waals surface area contributed by atoms with E-state index in [1.807, 2.05) is 6.92 Å². The zero-order valence-electron chi connectivity index (χ0n) is 31.8. The average molecular weight is 770 g/mol. The lowest BCUT2D eigenvalue weighted by Crippen LogP contribution is -2.53. The molecule has 0 unspecified atom stereocenters. The van der Waals surface area contributed by atoms with Crippen molar-refractivity contribution in [2.75, 3.05) is 11.9 Å². The first-order valence-corrected chi connectivity index (χ1v) is 18.4. The van der Waals surface area contributed by atoms with Crippen LogP contribution in [-0.4, -0.2) is 57.2 Å². The van der Waals surface area contributed by atoms with Gasteiger partial charge in [0, 0.05) is 28.3 Å². The number of aryl methyl sites for hydroxylation is 1. The summed E-state index contributed by atoms with van der Waals surface area (Å²) >= 11 is 0. The highest BCUT2D eigenvalue weighted by Gasteiger charge is 2.45. The maximum atomic E-state index is 15.6.